The average molecular weight is 430 g/mol. The summed E-state index contributed by atoms with van der Waals surface area (Å²) >= 11 is 0. The van der Waals surface area contributed by atoms with Gasteiger partial charge in [-0.25, -0.2) is 8.42 Å². The van der Waals surface area contributed by atoms with Crippen LogP contribution in [0.1, 0.15) is 37.3 Å². The van der Waals surface area contributed by atoms with Gasteiger partial charge in [-0.1, -0.05) is 36.2 Å². The highest BCUT2D eigenvalue weighted by Crippen LogP contribution is 2.26. The molecule has 0 unspecified atom stereocenters. The topological polar surface area (TPSA) is 95.6 Å². The molecule has 160 valence electrons. The highest BCUT2D eigenvalue weighted by atomic mass is 32.2. The standard InChI is InChI=1S/C22H27N3O4S/c1-16-6-12-20(13-7-16)30(28,29)25-14-4-3-5-21(25)22(27)23-15-18-8-10-19(11-9-18)24-17(2)26/h6-13,21H,3-5,14-15H2,1-2H3,(H,23,27)(H,24,26)/t21-/m1/s1. The number of sulfonamides is 1. The smallest absolute Gasteiger partial charge is 0.243 e. The molecular formula is C22H27N3O4S. The largest absolute Gasteiger partial charge is 0.351 e. The zero-order valence-electron chi connectivity index (χ0n) is 17.2. The summed E-state index contributed by atoms with van der Waals surface area (Å²) in [7, 11) is -3.74. The van der Waals surface area contributed by atoms with Crippen LogP contribution in [0.5, 0.6) is 0 Å². The zero-order valence-corrected chi connectivity index (χ0v) is 18.0. The Hall–Kier alpha value is -2.71. The third-order valence-electron chi connectivity index (χ3n) is 5.12. The summed E-state index contributed by atoms with van der Waals surface area (Å²) in [5, 5.41) is 5.55. The van der Waals surface area contributed by atoms with Gasteiger partial charge in [-0.2, -0.15) is 4.31 Å². The lowest BCUT2D eigenvalue weighted by atomic mass is 10.0. The van der Waals surface area contributed by atoms with Gasteiger partial charge in [-0.05, 0) is 49.6 Å². The predicted octanol–water partition coefficient (Wildman–Crippen LogP) is 2.81. The fraction of sp³-hybridized carbons (Fsp3) is 0.364. The Morgan fingerprint density at radius 3 is 2.33 bits per heavy atom. The van der Waals surface area contributed by atoms with Crippen LogP contribution in [0.2, 0.25) is 0 Å². The number of rotatable bonds is 6. The van der Waals surface area contributed by atoms with Crippen molar-refractivity contribution in [3.8, 4) is 0 Å². The fourth-order valence-corrected chi connectivity index (χ4v) is 5.17. The van der Waals surface area contributed by atoms with Gasteiger partial charge in [0.1, 0.15) is 6.04 Å². The minimum atomic E-state index is -3.74. The third-order valence-corrected chi connectivity index (χ3v) is 7.05. The molecule has 1 saturated heterocycles. The van der Waals surface area contributed by atoms with Crippen LogP contribution in [-0.4, -0.2) is 37.1 Å². The molecule has 1 heterocycles. The monoisotopic (exact) mass is 429 g/mol. The van der Waals surface area contributed by atoms with Crippen molar-refractivity contribution in [1.82, 2.24) is 9.62 Å². The number of hydrogen-bond acceptors (Lipinski definition) is 4. The van der Waals surface area contributed by atoms with E-state index in [-0.39, 0.29) is 23.3 Å². The maximum absolute atomic E-state index is 13.1. The van der Waals surface area contributed by atoms with Crippen LogP contribution >= 0.6 is 0 Å². The molecule has 0 saturated carbocycles. The highest BCUT2D eigenvalue weighted by Gasteiger charge is 2.37. The van der Waals surface area contributed by atoms with Gasteiger partial charge in [0.25, 0.3) is 0 Å². The second kappa shape index (κ2) is 9.40. The number of nitrogens with one attached hydrogen (secondary N) is 2. The van der Waals surface area contributed by atoms with Crippen LogP contribution in [0.15, 0.2) is 53.4 Å². The molecule has 1 atom stereocenters. The summed E-state index contributed by atoms with van der Waals surface area (Å²) in [6.07, 6.45) is 2.04. The Balaban J connectivity index is 1.69. The first kappa shape index (κ1) is 22.0. The molecule has 0 radical (unpaired) electrons. The summed E-state index contributed by atoms with van der Waals surface area (Å²) in [6.45, 7) is 3.96. The molecular weight excluding hydrogens is 402 g/mol. The van der Waals surface area contributed by atoms with Crippen molar-refractivity contribution in [3.63, 3.8) is 0 Å². The van der Waals surface area contributed by atoms with Gasteiger partial charge in [0.05, 0.1) is 4.90 Å². The van der Waals surface area contributed by atoms with E-state index in [1.807, 2.05) is 19.1 Å². The number of amides is 2. The van der Waals surface area contributed by atoms with E-state index >= 15 is 0 Å². The van der Waals surface area contributed by atoms with Crippen molar-refractivity contribution in [1.29, 1.82) is 0 Å². The van der Waals surface area contributed by atoms with Gasteiger partial charge in [0.2, 0.25) is 21.8 Å². The SMILES string of the molecule is CC(=O)Nc1ccc(CNC(=O)[C@H]2CCCCN2S(=O)(=O)c2ccc(C)cc2)cc1. The van der Waals surface area contributed by atoms with Gasteiger partial charge < -0.3 is 10.6 Å². The van der Waals surface area contributed by atoms with E-state index in [2.05, 4.69) is 10.6 Å². The number of nitrogens with zero attached hydrogens (tertiary/aromatic N) is 1. The minimum absolute atomic E-state index is 0.150. The van der Waals surface area contributed by atoms with Crippen molar-refractivity contribution >= 4 is 27.5 Å². The minimum Gasteiger partial charge on any atom is -0.351 e. The number of hydrogen-bond donors (Lipinski definition) is 2. The second-order valence-electron chi connectivity index (χ2n) is 7.54. The number of benzene rings is 2. The van der Waals surface area contributed by atoms with Gasteiger partial charge in [0, 0.05) is 25.7 Å². The molecule has 0 spiro atoms. The summed E-state index contributed by atoms with van der Waals surface area (Å²) in [4.78, 5) is 24.2. The fourth-order valence-electron chi connectivity index (χ4n) is 3.52. The Morgan fingerprint density at radius 2 is 1.70 bits per heavy atom. The number of anilines is 1. The number of carbonyl (C=O) groups is 2. The molecule has 0 aliphatic carbocycles. The van der Waals surface area contributed by atoms with E-state index in [1.165, 1.54) is 11.2 Å². The lowest BCUT2D eigenvalue weighted by molar-refractivity contribution is -0.125. The van der Waals surface area contributed by atoms with Crippen molar-refractivity contribution in [2.24, 2.45) is 0 Å². The number of carbonyl (C=O) groups excluding carboxylic acids is 2. The van der Waals surface area contributed by atoms with E-state index < -0.39 is 16.1 Å². The third kappa shape index (κ3) is 5.25. The second-order valence-corrected chi connectivity index (χ2v) is 9.43. The molecule has 7 nitrogen and oxygen atoms in total. The van der Waals surface area contributed by atoms with E-state index in [9.17, 15) is 18.0 Å². The first-order chi connectivity index (χ1) is 14.3. The van der Waals surface area contributed by atoms with E-state index in [0.29, 0.717) is 18.7 Å². The Kier molecular flexibility index (Phi) is 6.89. The molecule has 2 amide bonds. The molecule has 2 aromatic carbocycles. The molecule has 0 bridgehead atoms. The normalized spacial score (nSPS) is 17.3. The van der Waals surface area contributed by atoms with Crippen LogP contribution < -0.4 is 10.6 Å². The summed E-state index contributed by atoms with van der Waals surface area (Å²) in [5.74, 6) is -0.445. The lowest BCUT2D eigenvalue weighted by Crippen LogP contribution is -2.51. The summed E-state index contributed by atoms with van der Waals surface area (Å²) in [5.41, 5.74) is 2.52. The maximum atomic E-state index is 13.1. The first-order valence-corrected chi connectivity index (χ1v) is 11.4. The van der Waals surface area contributed by atoms with Crippen molar-refractivity contribution in [2.45, 2.75) is 50.6 Å². The Labute approximate surface area is 177 Å². The molecule has 3 rings (SSSR count). The number of piperidine rings is 1. The molecule has 2 aromatic rings. The summed E-state index contributed by atoms with van der Waals surface area (Å²) in [6, 6.07) is 13.1. The van der Waals surface area contributed by atoms with Gasteiger partial charge in [0.15, 0.2) is 0 Å². The average Bonchev–Trinajstić information content (AvgIpc) is 2.73. The van der Waals surface area contributed by atoms with E-state index in [1.54, 1.807) is 36.4 Å². The molecule has 1 aliphatic heterocycles. The van der Waals surface area contributed by atoms with Crippen molar-refractivity contribution in [2.75, 3.05) is 11.9 Å². The van der Waals surface area contributed by atoms with Crippen LogP contribution in [0.25, 0.3) is 0 Å². The summed E-state index contributed by atoms with van der Waals surface area (Å²) < 4.78 is 27.6. The Morgan fingerprint density at radius 1 is 1.03 bits per heavy atom. The van der Waals surface area contributed by atoms with E-state index in [0.717, 1.165) is 24.0 Å². The molecule has 2 N–H and O–H groups in total. The molecule has 30 heavy (non-hydrogen) atoms. The predicted molar refractivity (Wildman–Crippen MR) is 115 cm³/mol. The van der Waals surface area contributed by atoms with Gasteiger partial charge in [-0.15, -0.1) is 0 Å². The van der Waals surface area contributed by atoms with E-state index in [4.69, 9.17) is 0 Å². The first-order valence-electron chi connectivity index (χ1n) is 10.00. The van der Waals surface area contributed by atoms with Crippen LogP contribution in [0.3, 0.4) is 0 Å². The molecule has 8 heteroatoms. The van der Waals surface area contributed by atoms with Gasteiger partial charge >= 0.3 is 0 Å². The zero-order chi connectivity index (χ0) is 21.7. The van der Waals surface area contributed by atoms with Crippen molar-refractivity contribution < 1.29 is 18.0 Å². The molecule has 0 aromatic heterocycles. The quantitative estimate of drug-likeness (QED) is 0.738. The van der Waals surface area contributed by atoms with Crippen LogP contribution in [0.4, 0.5) is 5.69 Å². The van der Waals surface area contributed by atoms with Gasteiger partial charge in [-0.3, -0.25) is 9.59 Å². The maximum Gasteiger partial charge on any atom is 0.243 e. The van der Waals surface area contributed by atoms with Crippen LogP contribution in [-0.2, 0) is 26.2 Å². The van der Waals surface area contributed by atoms with Crippen molar-refractivity contribution in [3.05, 3.63) is 59.7 Å². The van der Waals surface area contributed by atoms with Crippen LogP contribution in [0, 0.1) is 6.92 Å². The number of aryl methyl sites for hydroxylation is 1. The molecule has 1 fully saturated rings. The molecule has 1 aliphatic rings. The lowest BCUT2D eigenvalue weighted by Gasteiger charge is -2.33. The Bertz CT molecular complexity index is 1000. The highest BCUT2D eigenvalue weighted by molar-refractivity contribution is 7.89.